The zero-order chi connectivity index (χ0) is 16.9. The molecule has 0 saturated carbocycles. The summed E-state index contributed by atoms with van der Waals surface area (Å²) >= 11 is 1.70. The van der Waals surface area contributed by atoms with E-state index in [1.54, 1.807) is 11.3 Å². The zero-order valence-corrected chi connectivity index (χ0v) is 14.6. The third kappa shape index (κ3) is 3.93. The molecule has 0 bridgehead atoms. The summed E-state index contributed by atoms with van der Waals surface area (Å²) in [4.78, 5) is 15.6. The van der Waals surface area contributed by atoms with E-state index in [0.717, 1.165) is 16.5 Å². The number of hydrogen-bond donors (Lipinski definition) is 2. The summed E-state index contributed by atoms with van der Waals surface area (Å²) in [7, 11) is 4.04. The quantitative estimate of drug-likeness (QED) is 0.727. The molecule has 124 valence electrons. The minimum atomic E-state index is -0.186. The maximum absolute atomic E-state index is 12.2. The molecule has 0 fully saturated rings. The van der Waals surface area contributed by atoms with Crippen molar-refractivity contribution in [2.75, 3.05) is 26.0 Å². The third-order valence-electron chi connectivity index (χ3n) is 3.96. The van der Waals surface area contributed by atoms with Gasteiger partial charge in [-0.25, -0.2) is 4.79 Å². The average Bonchev–Trinajstić information content (AvgIpc) is 3.09. The SMILES string of the molecule is CN(C)C(CNC(=O)Nc1ccc2ccccc2c1)c1cccs1. The first kappa shape index (κ1) is 16.5. The molecule has 4 nitrogen and oxygen atoms in total. The summed E-state index contributed by atoms with van der Waals surface area (Å²) in [5.41, 5.74) is 0.795. The number of nitrogens with one attached hydrogen (secondary N) is 2. The molecular weight excluding hydrogens is 318 g/mol. The Balaban J connectivity index is 1.62. The topological polar surface area (TPSA) is 44.4 Å². The second-order valence-electron chi connectivity index (χ2n) is 5.89. The summed E-state index contributed by atoms with van der Waals surface area (Å²) in [6.45, 7) is 0.562. The summed E-state index contributed by atoms with van der Waals surface area (Å²) < 4.78 is 0. The van der Waals surface area contributed by atoms with E-state index < -0.39 is 0 Å². The van der Waals surface area contributed by atoms with Gasteiger partial charge in [0.15, 0.2) is 0 Å². The van der Waals surface area contributed by atoms with E-state index in [0.29, 0.717) is 6.54 Å². The van der Waals surface area contributed by atoms with E-state index >= 15 is 0 Å². The normalized spacial score (nSPS) is 12.3. The Kier molecular flexibility index (Phi) is 5.13. The van der Waals surface area contributed by atoms with Crippen LogP contribution in [0.1, 0.15) is 10.9 Å². The summed E-state index contributed by atoms with van der Waals surface area (Å²) in [5, 5.41) is 10.2. The van der Waals surface area contributed by atoms with Gasteiger partial charge < -0.3 is 15.5 Å². The number of hydrogen-bond acceptors (Lipinski definition) is 3. The predicted molar refractivity (Wildman–Crippen MR) is 102 cm³/mol. The van der Waals surface area contributed by atoms with Crippen molar-refractivity contribution in [1.82, 2.24) is 10.2 Å². The van der Waals surface area contributed by atoms with Gasteiger partial charge in [0.05, 0.1) is 6.04 Å². The molecule has 0 aliphatic carbocycles. The lowest BCUT2D eigenvalue weighted by molar-refractivity contribution is 0.244. The van der Waals surface area contributed by atoms with Crippen LogP contribution in [-0.4, -0.2) is 31.6 Å². The Bertz CT molecular complexity index is 814. The van der Waals surface area contributed by atoms with Crippen LogP contribution in [0.4, 0.5) is 10.5 Å². The minimum absolute atomic E-state index is 0.173. The van der Waals surface area contributed by atoms with Crippen molar-refractivity contribution in [3.8, 4) is 0 Å². The van der Waals surface area contributed by atoms with Gasteiger partial charge in [-0.15, -0.1) is 11.3 Å². The van der Waals surface area contributed by atoms with E-state index in [1.807, 2.05) is 56.6 Å². The van der Waals surface area contributed by atoms with E-state index in [1.165, 1.54) is 4.88 Å². The minimum Gasteiger partial charge on any atom is -0.336 e. The number of anilines is 1. The van der Waals surface area contributed by atoms with E-state index in [9.17, 15) is 4.79 Å². The van der Waals surface area contributed by atoms with Gasteiger partial charge in [-0.1, -0.05) is 36.4 Å². The molecule has 1 unspecified atom stereocenters. The molecule has 0 saturated heterocycles. The van der Waals surface area contributed by atoms with Crippen LogP contribution in [0.5, 0.6) is 0 Å². The smallest absolute Gasteiger partial charge is 0.319 e. The molecule has 1 atom stereocenters. The number of rotatable bonds is 5. The number of thiophene rings is 1. The second kappa shape index (κ2) is 7.47. The number of carbonyl (C=O) groups excluding carboxylic acids is 1. The molecule has 2 amide bonds. The Morgan fingerprint density at radius 2 is 1.88 bits per heavy atom. The monoisotopic (exact) mass is 339 g/mol. The van der Waals surface area contributed by atoms with Crippen LogP contribution < -0.4 is 10.6 Å². The van der Waals surface area contributed by atoms with E-state index in [2.05, 4.69) is 33.0 Å². The third-order valence-corrected chi connectivity index (χ3v) is 4.93. The van der Waals surface area contributed by atoms with Crippen molar-refractivity contribution in [2.45, 2.75) is 6.04 Å². The number of carbonyl (C=O) groups is 1. The first-order chi connectivity index (χ1) is 11.6. The second-order valence-corrected chi connectivity index (χ2v) is 6.87. The summed E-state index contributed by atoms with van der Waals surface area (Å²) in [6.07, 6.45) is 0. The highest BCUT2D eigenvalue weighted by Gasteiger charge is 2.16. The standard InChI is InChI=1S/C19H21N3OS/c1-22(2)17(18-8-5-11-24-18)13-20-19(23)21-16-10-9-14-6-3-4-7-15(14)12-16/h3-12,17H,13H2,1-2H3,(H2,20,21,23). The maximum Gasteiger partial charge on any atom is 0.319 e. The van der Waals surface area contributed by atoms with Gasteiger partial charge in [0.2, 0.25) is 0 Å². The molecule has 3 rings (SSSR count). The van der Waals surface area contributed by atoms with Gasteiger partial charge in [0, 0.05) is 17.1 Å². The number of benzene rings is 2. The van der Waals surface area contributed by atoms with Gasteiger partial charge in [-0.05, 0) is 48.4 Å². The molecule has 24 heavy (non-hydrogen) atoms. The van der Waals surface area contributed by atoms with Crippen molar-refractivity contribution in [3.63, 3.8) is 0 Å². The molecular formula is C19H21N3OS. The largest absolute Gasteiger partial charge is 0.336 e. The summed E-state index contributed by atoms with van der Waals surface area (Å²) in [5.74, 6) is 0. The van der Waals surface area contributed by atoms with Crippen molar-refractivity contribution < 1.29 is 4.79 Å². The van der Waals surface area contributed by atoms with Crippen molar-refractivity contribution in [2.24, 2.45) is 0 Å². The number of likely N-dealkylation sites (N-methyl/N-ethyl adjacent to an activating group) is 1. The molecule has 0 radical (unpaired) electrons. The number of urea groups is 1. The van der Waals surface area contributed by atoms with Gasteiger partial charge in [0.25, 0.3) is 0 Å². The molecule has 1 heterocycles. The molecule has 0 aliphatic rings. The van der Waals surface area contributed by atoms with Crippen LogP contribution in [0.25, 0.3) is 10.8 Å². The lowest BCUT2D eigenvalue weighted by atomic mass is 10.1. The molecule has 0 aliphatic heterocycles. The Labute approximate surface area is 146 Å². The number of nitrogens with zero attached hydrogens (tertiary/aromatic N) is 1. The van der Waals surface area contributed by atoms with Crippen LogP contribution in [0.2, 0.25) is 0 Å². The van der Waals surface area contributed by atoms with Crippen LogP contribution in [0.3, 0.4) is 0 Å². The Morgan fingerprint density at radius 3 is 2.58 bits per heavy atom. The van der Waals surface area contributed by atoms with Crippen LogP contribution in [0, 0.1) is 0 Å². The fourth-order valence-corrected chi connectivity index (χ4v) is 3.57. The van der Waals surface area contributed by atoms with Gasteiger partial charge in [-0.3, -0.25) is 0 Å². The highest BCUT2D eigenvalue weighted by atomic mass is 32.1. The fraction of sp³-hybridized carbons (Fsp3) is 0.211. The Hall–Kier alpha value is -2.37. The Morgan fingerprint density at radius 1 is 1.08 bits per heavy atom. The average molecular weight is 339 g/mol. The molecule has 2 N–H and O–H groups in total. The van der Waals surface area contributed by atoms with E-state index in [-0.39, 0.29) is 12.1 Å². The molecule has 3 aromatic rings. The maximum atomic E-state index is 12.2. The number of fused-ring (bicyclic) bond motifs is 1. The molecule has 0 spiro atoms. The van der Waals surface area contributed by atoms with Crippen molar-refractivity contribution >= 4 is 33.8 Å². The first-order valence-corrected chi connectivity index (χ1v) is 8.75. The van der Waals surface area contributed by atoms with E-state index in [4.69, 9.17) is 0 Å². The van der Waals surface area contributed by atoms with Crippen LogP contribution in [0.15, 0.2) is 60.0 Å². The van der Waals surface area contributed by atoms with Crippen molar-refractivity contribution in [1.29, 1.82) is 0 Å². The fourth-order valence-electron chi connectivity index (χ4n) is 2.65. The molecule has 5 heteroatoms. The van der Waals surface area contributed by atoms with Crippen molar-refractivity contribution in [3.05, 3.63) is 64.9 Å². The van der Waals surface area contributed by atoms with Gasteiger partial charge in [0.1, 0.15) is 0 Å². The highest BCUT2D eigenvalue weighted by Crippen LogP contribution is 2.22. The lowest BCUT2D eigenvalue weighted by Crippen LogP contribution is -2.36. The first-order valence-electron chi connectivity index (χ1n) is 7.87. The van der Waals surface area contributed by atoms with Crippen LogP contribution in [-0.2, 0) is 0 Å². The zero-order valence-electron chi connectivity index (χ0n) is 13.8. The summed E-state index contributed by atoms with van der Waals surface area (Å²) in [6, 6.07) is 18.1. The lowest BCUT2D eigenvalue weighted by Gasteiger charge is -2.23. The molecule has 2 aromatic carbocycles. The highest BCUT2D eigenvalue weighted by molar-refractivity contribution is 7.10. The molecule has 1 aromatic heterocycles. The predicted octanol–water partition coefficient (Wildman–Crippen LogP) is 4.33. The van der Waals surface area contributed by atoms with Gasteiger partial charge in [-0.2, -0.15) is 0 Å². The van der Waals surface area contributed by atoms with Crippen LogP contribution >= 0.6 is 11.3 Å². The van der Waals surface area contributed by atoms with Gasteiger partial charge >= 0.3 is 6.03 Å². The number of amides is 2.